The Morgan fingerprint density at radius 1 is 0.964 bits per heavy atom. The average molecular weight is 1170 g/mol. The maximum atomic E-state index is 17.1. The SMILES string of the molecule is C#Cc1c(F)ccc2cc(O)cc(-c3ncc4c(N5CC6CCC(C5)N6)nc(OCCN5CCC(CC6(F)CCN(c7cc([C@@H](C(=O)N8C[C@H](O)C[C@H]8C(=O)N[C@@H](C)c8ccc(-c9scnc9C)cc8)C(C)C)on7)CC6)CC5)nc4c3F)c12. The van der Waals surface area contributed by atoms with Crippen molar-refractivity contribution in [3.63, 3.8) is 0 Å². The minimum Gasteiger partial charge on any atom is -0.508 e. The Hall–Kier alpha value is -7.38. The van der Waals surface area contributed by atoms with Gasteiger partial charge in [-0.05, 0) is 118 Å². The number of terminal acetylenes is 1. The Morgan fingerprint density at radius 3 is 2.42 bits per heavy atom. The number of thiazole rings is 1. The number of carbonyl (C=O) groups is 2. The van der Waals surface area contributed by atoms with E-state index in [0.717, 1.165) is 60.5 Å². The molecule has 2 amide bonds. The fourth-order valence-electron chi connectivity index (χ4n) is 13.5. The number of phenolic OH excluding ortho intramolecular Hbond substituents is 1. The van der Waals surface area contributed by atoms with Gasteiger partial charge in [-0.2, -0.15) is 9.97 Å². The molecule has 21 heteroatoms. The van der Waals surface area contributed by atoms with E-state index in [1.165, 1.54) is 35.4 Å². The van der Waals surface area contributed by atoms with Crippen LogP contribution in [0.15, 0.2) is 70.8 Å². The van der Waals surface area contributed by atoms with Gasteiger partial charge in [0.15, 0.2) is 17.4 Å². The number of carbonyl (C=O) groups excluding carboxylic acids is 2. The van der Waals surface area contributed by atoms with E-state index in [1.807, 2.05) is 62.4 Å². The molecule has 440 valence electrons. The van der Waals surface area contributed by atoms with E-state index in [9.17, 15) is 19.8 Å². The van der Waals surface area contributed by atoms with Crippen molar-refractivity contribution < 1.29 is 42.2 Å². The third-order valence-electron chi connectivity index (χ3n) is 18.0. The number of piperidine rings is 2. The van der Waals surface area contributed by atoms with Crippen molar-refractivity contribution in [3.05, 3.63) is 101 Å². The number of fused-ring (bicyclic) bond motifs is 4. The number of β-amino-alcohol motifs (C(OH)–C–C–N with tert-alkyl or cyclic N) is 1. The number of aryl methyl sites for hydroxylation is 1. The zero-order valence-corrected chi connectivity index (χ0v) is 48.5. The number of piperazine rings is 1. The first-order chi connectivity index (χ1) is 40.5. The second-order valence-electron chi connectivity index (χ2n) is 24.0. The van der Waals surface area contributed by atoms with E-state index in [2.05, 4.69) is 46.5 Å². The number of rotatable bonds is 16. The lowest BCUT2D eigenvalue weighted by molar-refractivity contribution is -0.141. The van der Waals surface area contributed by atoms with Crippen LogP contribution in [0.2, 0.25) is 0 Å². The number of likely N-dealkylation sites (tertiary alicyclic amines) is 2. The third kappa shape index (κ3) is 11.5. The lowest BCUT2D eigenvalue weighted by atomic mass is 9.80. The molecule has 12 rings (SSSR count). The highest BCUT2D eigenvalue weighted by Crippen LogP contribution is 2.42. The number of alkyl halides is 1. The summed E-state index contributed by atoms with van der Waals surface area (Å²) in [6, 6.07) is 14.5. The van der Waals surface area contributed by atoms with Gasteiger partial charge in [-0.15, -0.1) is 17.8 Å². The van der Waals surface area contributed by atoms with Crippen molar-refractivity contribution in [2.24, 2.45) is 11.8 Å². The molecule has 0 aliphatic carbocycles. The second kappa shape index (κ2) is 23.6. The van der Waals surface area contributed by atoms with Gasteiger partial charge in [0.2, 0.25) is 11.8 Å². The minimum absolute atomic E-state index is 0.0101. The molecule has 5 aliphatic rings. The number of benzene rings is 3. The van der Waals surface area contributed by atoms with E-state index < -0.39 is 35.4 Å². The number of pyridine rings is 1. The number of nitrogens with one attached hydrogen (secondary N) is 2. The van der Waals surface area contributed by atoms with E-state index in [4.69, 9.17) is 20.7 Å². The summed E-state index contributed by atoms with van der Waals surface area (Å²) < 4.78 is 61.1. The predicted octanol–water partition coefficient (Wildman–Crippen LogP) is 9.24. The van der Waals surface area contributed by atoms with E-state index in [1.54, 1.807) is 17.4 Å². The number of phenols is 1. The number of anilines is 2. The van der Waals surface area contributed by atoms with Crippen LogP contribution in [0.3, 0.4) is 0 Å². The van der Waals surface area contributed by atoms with Crippen LogP contribution in [0, 0.1) is 42.7 Å². The fraction of sp³-hybridized carbons (Fsp3) is 0.476. The molecule has 9 heterocycles. The molecule has 17 nitrogen and oxygen atoms in total. The Morgan fingerprint density at radius 2 is 1.71 bits per heavy atom. The number of aromatic nitrogens is 5. The Kier molecular flexibility index (Phi) is 16.0. The first-order valence-corrected chi connectivity index (χ1v) is 30.2. The molecule has 2 bridgehead atoms. The fourth-order valence-corrected chi connectivity index (χ4v) is 14.3. The van der Waals surface area contributed by atoms with Crippen molar-refractivity contribution in [2.75, 3.05) is 68.8 Å². The molecule has 0 saturated carbocycles. The number of aromatic hydroxyl groups is 1. The number of ether oxygens (including phenoxy) is 1. The number of aliphatic hydroxyl groups excluding tert-OH is 1. The van der Waals surface area contributed by atoms with Crippen LogP contribution in [0.4, 0.5) is 24.8 Å². The number of aliphatic hydroxyl groups is 1. The zero-order chi connectivity index (χ0) is 58.6. The smallest absolute Gasteiger partial charge is 0.319 e. The van der Waals surface area contributed by atoms with Gasteiger partial charge in [-0.3, -0.25) is 19.5 Å². The highest BCUT2D eigenvalue weighted by atomic mass is 32.1. The van der Waals surface area contributed by atoms with Crippen molar-refractivity contribution in [1.29, 1.82) is 0 Å². The molecule has 0 radical (unpaired) electrons. The summed E-state index contributed by atoms with van der Waals surface area (Å²) in [5.74, 6) is 0.761. The topological polar surface area (TPSA) is 198 Å². The third-order valence-corrected chi connectivity index (χ3v) is 19.0. The Labute approximate surface area is 490 Å². The highest BCUT2D eigenvalue weighted by molar-refractivity contribution is 7.13. The summed E-state index contributed by atoms with van der Waals surface area (Å²) in [5, 5.41) is 33.7. The number of hydrogen-bond donors (Lipinski definition) is 4. The van der Waals surface area contributed by atoms with Crippen LogP contribution in [-0.2, 0) is 9.59 Å². The van der Waals surface area contributed by atoms with Crippen molar-refractivity contribution in [1.82, 2.24) is 45.5 Å². The quantitative estimate of drug-likeness (QED) is 0.0668. The molecular weight excluding hydrogens is 1100 g/mol. The Balaban J connectivity index is 0.647. The summed E-state index contributed by atoms with van der Waals surface area (Å²) >= 11 is 1.58. The van der Waals surface area contributed by atoms with E-state index >= 15 is 13.2 Å². The normalized spacial score (nSPS) is 21.8. The van der Waals surface area contributed by atoms with Gasteiger partial charge >= 0.3 is 6.01 Å². The van der Waals surface area contributed by atoms with E-state index in [-0.39, 0.29) is 101 Å². The van der Waals surface area contributed by atoms with Crippen LogP contribution in [0.25, 0.3) is 43.4 Å². The largest absolute Gasteiger partial charge is 0.508 e. The molecule has 2 unspecified atom stereocenters. The number of halogens is 3. The molecular formula is C63H70F3N11O6S. The summed E-state index contributed by atoms with van der Waals surface area (Å²) in [7, 11) is 0. The first kappa shape index (κ1) is 57.1. The first-order valence-electron chi connectivity index (χ1n) is 29.3. The Bertz CT molecular complexity index is 3620. The van der Waals surface area contributed by atoms with Gasteiger partial charge in [-0.25, -0.2) is 18.2 Å². The van der Waals surface area contributed by atoms with Gasteiger partial charge in [0.1, 0.15) is 52.8 Å². The molecule has 5 saturated heterocycles. The molecule has 5 fully saturated rings. The number of hydrogen-bond acceptors (Lipinski definition) is 16. The van der Waals surface area contributed by atoms with Crippen molar-refractivity contribution >= 4 is 56.5 Å². The van der Waals surface area contributed by atoms with Crippen LogP contribution in [-0.4, -0.2) is 146 Å². The molecule has 4 aromatic heterocycles. The van der Waals surface area contributed by atoms with Crippen LogP contribution in [0.1, 0.15) is 107 Å². The van der Waals surface area contributed by atoms with Crippen LogP contribution >= 0.6 is 11.3 Å². The lowest BCUT2D eigenvalue weighted by Gasteiger charge is -2.40. The zero-order valence-electron chi connectivity index (χ0n) is 47.7. The highest BCUT2D eigenvalue weighted by Gasteiger charge is 2.45. The molecule has 6 atom stereocenters. The second-order valence-corrected chi connectivity index (χ2v) is 24.9. The van der Waals surface area contributed by atoms with Crippen LogP contribution < -0.4 is 25.2 Å². The van der Waals surface area contributed by atoms with Gasteiger partial charge < -0.3 is 44.8 Å². The maximum Gasteiger partial charge on any atom is 0.319 e. The molecule has 0 spiro atoms. The number of nitrogens with zero attached hydrogens (tertiary/aromatic N) is 9. The van der Waals surface area contributed by atoms with Crippen molar-refractivity contribution in [2.45, 2.75) is 121 Å². The summed E-state index contributed by atoms with van der Waals surface area (Å²) in [5.41, 5.74) is 3.29. The average Bonchev–Trinajstić information content (AvgIpc) is 1.57. The van der Waals surface area contributed by atoms with Gasteiger partial charge in [-0.1, -0.05) is 55.3 Å². The molecule has 3 aromatic carbocycles. The van der Waals surface area contributed by atoms with Gasteiger partial charge in [0.05, 0.1) is 39.2 Å². The molecule has 5 aliphatic heterocycles. The predicted molar refractivity (Wildman–Crippen MR) is 316 cm³/mol. The summed E-state index contributed by atoms with van der Waals surface area (Å²) in [4.78, 5) is 55.7. The summed E-state index contributed by atoms with van der Waals surface area (Å²) in [6.07, 6.45) is 11.3. The van der Waals surface area contributed by atoms with E-state index in [0.29, 0.717) is 80.2 Å². The van der Waals surface area contributed by atoms with Crippen molar-refractivity contribution in [3.8, 4) is 45.8 Å². The van der Waals surface area contributed by atoms with Crippen LogP contribution in [0.5, 0.6) is 11.8 Å². The lowest BCUT2D eigenvalue weighted by Crippen LogP contribution is -2.51. The molecule has 84 heavy (non-hydrogen) atoms. The summed E-state index contributed by atoms with van der Waals surface area (Å²) in [6.45, 7) is 12.2. The number of amides is 2. The molecule has 7 aromatic rings. The molecule has 4 N–H and O–H groups in total. The monoisotopic (exact) mass is 1170 g/mol. The maximum absolute atomic E-state index is 17.1. The standard InChI is InChI=1S/C63H70F3N11O6S/c1-6-46-49(64)14-11-41-25-44(78)26-47(54(41)46)56-55(65)57-48(30-67-56)59(76-31-42-12-13-43(32-76)70-42)72-62(71-57)82-24-23-74-19-15-38(16-20-74)29-63(66)17-21-75(22-18-63)52-28-51(83-73-52)53(35(2)3)61(81)77-33-45(79)27-50(77)60(80)69-36(4)39-7-9-40(10-8-39)58-37(5)68-34-84-58/h1,7-11,14,25-26,28,30,34-36,38,42-43,45,50,53,70,78-79H,12-13,15-24,27,29,31-33H2,2-5H3,(H,69,80)/t36-,42?,43?,45+,50-,53-/m0/s1. The van der Waals surface area contributed by atoms with Gasteiger partial charge in [0.25, 0.3) is 0 Å². The van der Waals surface area contributed by atoms with Gasteiger partial charge in [0, 0.05) is 81.0 Å². The minimum atomic E-state index is -1.35.